The van der Waals surface area contributed by atoms with Crippen molar-refractivity contribution in [2.24, 2.45) is 4.99 Å². The van der Waals surface area contributed by atoms with Crippen LogP contribution in [0.15, 0.2) is 53.5 Å². The van der Waals surface area contributed by atoms with Gasteiger partial charge in [-0.05, 0) is 48.9 Å². The molecule has 126 valence electrons. The Labute approximate surface area is 155 Å². The molecule has 0 fully saturated rings. The summed E-state index contributed by atoms with van der Waals surface area (Å²) in [6.07, 6.45) is 0. The Hall–Kier alpha value is -1.66. The number of anilines is 1. The van der Waals surface area contributed by atoms with Crippen LogP contribution in [0.1, 0.15) is 15.9 Å². The van der Waals surface area contributed by atoms with E-state index in [2.05, 4.69) is 4.99 Å². The number of hydrogen-bond donors (Lipinski definition) is 0. The third-order valence-electron chi connectivity index (χ3n) is 3.58. The predicted molar refractivity (Wildman–Crippen MR) is 104 cm³/mol. The Morgan fingerprint density at radius 3 is 2.62 bits per heavy atom. The monoisotopic (exact) mass is 408 g/mol. The Bertz CT molecular complexity index is 749. The fourth-order valence-electron chi connectivity index (χ4n) is 2.42. The largest absolute Gasteiger partial charge is 0.313 e. The lowest BCUT2D eigenvalue weighted by atomic mass is 10.1. The van der Waals surface area contributed by atoms with Gasteiger partial charge in [0.1, 0.15) is 5.82 Å². The lowest BCUT2D eigenvalue weighted by Gasteiger charge is -2.23. The summed E-state index contributed by atoms with van der Waals surface area (Å²) in [5, 5.41) is 0.867. The van der Waals surface area contributed by atoms with Crippen molar-refractivity contribution in [2.45, 2.75) is 6.92 Å². The van der Waals surface area contributed by atoms with E-state index in [4.69, 9.17) is 0 Å². The van der Waals surface area contributed by atoms with E-state index in [1.165, 1.54) is 24.3 Å². The highest BCUT2D eigenvalue weighted by Gasteiger charge is 2.21. The van der Waals surface area contributed by atoms with Gasteiger partial charge >= 0.3 is 0 Å². The maximum Gasteiger partial charge on any atom is 0.182 e. The minimum Gasteiger partial charge on any atom is -0.313 e. The van der Waals surface area contributed by atoms with Crippen molar-refractivity contribution in [1.29, 1.82) is 0 Å². The summed E-state index contributed by atoms with van der Waals surface area (Å²) in [6, 6.07) is 13.7. The van der Waals surface area contributed by atoms with Gasteiger partial charge in [0.05, 0.1) is 13.1 Å². The molecule has 0 atom stereocenters. The van der Waals surface area contributed by atoms with E-state index in [0.29, 0.717) is 5.56 Å². The molecule has 0 aromatic heterocycles. The molecule has 1 heterocycles. The van der Waals surface area contributed by atoms with E-state index in [9.17, 15) is 9.18 Å². The molecule has 2 aromatic rings. The van der Waals surface area contributed by atoms with Gasteiger partial charge in [0.2, 0.25) is 0 Å². The zero-order valence-electron chi connectivity index (χ0n) is 13.2. The third-order valence-corrected chi connectivity index (χ3v) is 4.58. The lowest BCUT2D eigenvalue weighted by molar-refractivity contribution is 0.100. The van der Waals surface area contributed by atoms with Gasteiger partial charge in [-0.3, -0.25) is 9.79 Å². The Kier molecular flexibility index (Phi) is 6.57. The van der Waals surface area contributed by atoms with Crippen LogP contribution in [-0.2, 0) is 0 Å². The Balaban J connectivity index is 0.00000208. The number of hydrogen-bond acceptors (Lipinski definition) is 4. The molecule has 0 aliphatic carbocycles. The maximum absolute atomic E-state index is 13.0. The second-order valence-electron chi connectivity index (χ2n) is 5.37. The Morgan fingerprint density at radius 1 is 1.25 bits per heavy atom. The van der Waals surface area contributed by atoms with Crippen LogP contribution in [0.5, 0.6) is 0 Å². The first-order valence-corrected chi connectivity index (χ1v) is 8.42. The molecule has 0 saturated heterocycles. The summed E-state index contributed by atoms with van der Waals surface area (Å²) in [7, 11) is 0. The van der Waals surface area contributed by atoms with E-state index in [1.807, 2.05) is 36.1 Å². The number of amidine groups is 1. The van der Waals surface area contributed by atoms with Crippen LogP contribution < -0.4 is 4.90 Å². The average Bonchev–Trinajstić information content (AvgIpc) is 3.07. The number of carbonyl (C=O) groups excluding carboxylic acids is 1. The molecule has 2 aromatic carbocycles. The highest BCUT2D eigenvalue weighted by Crippen LogP contribution is 2.24. The Morgan fingerprint density at radius 2 is 2.00 bits per heavy atom. The first-order chi connectivity index (χ1) is 11.1. The molecule has 1 aliphatic heterocycles. The first-order valence-electron chi connectivity index (χ1n) is 7.44. The number of Topliss-reactive ketones (excluding diaryl/α,β-unsaturated/α-hetero) is 1. The van der Waals surface area contributed by atoms with Gasteiger partial charge in [-0.15, -0.1) is 17.0 Å². The van der Waals surface area contributed by atoms with Gasteiger partial charge in [-0.1, -0.05) is 23.9 Å². The fraction of sp³-hybridized carbons (Fsp3) is 0.222. The number of thioether (sulfide) groups is 1. The summed E-state index contributed by atoms with van der Waals surface area (Å²) in [5.74, 6) is 0.539. The molecule has 1 aliphatic rings. The van der Waals surface area contributed by atoms with Gasteiger partial charge in [0.15, 0.2) is 11.0 Å². The van der Waals surface area contributed by atoms with Gasteiger partial charge in [0, 0.05) is 17.0 Å². The molecular weight excluding hydrogens is 391 g/mol. The predicted octanol–water partition coefficient (Wildman–Crippen LogP) is 4.50. The van der Waals surface area contributed by atoms with E-state index in [1.54, 1.807) is 11.8 Å². The lowest BCUT2D eigenvalue weighted by Crippen LogP contribution is -2.33. The second-order valence-corrected chi connectivity index (χ2v) is 6.43. The van der Waals surface area contributed by atoms with E-state index < -0.39 is 0 Å². The quantitative estimate of drug-likeness (QED) is 0.697. The van der Waals surface area contributed by atoms with Crippen molar-refractivity contribution < 1.29 is 9.18 Å². The van der Waals surface area contributed by atoms with Crippen LogP contribution in [0.4, 0.5) is 10.1 Å². The number of benzene rings is 2. The topological polar surface area (TPSA) is 32.7 Å². The molecule has 24 heavy (non-hydrogen) atoms. The summed E-state index contributed by atoms with van der Waals surface area (Å²) >= 11 is 1.65. The van der Waals surface area contributed by atoms with Crippen LogP contribution in [-0.4, -0.2) is 29.8 Å². The van der Waals surface area contributed by atoms with Crippen molar-refractivity contribution in [1.82, 2.24) is 0 Å². The highest BCUT2D eigenvalue weighted by molar-refractivity contribution is 8.93. The smallest absolute Gasteiger partial charge is 0.182 e. The summed E-state index contributed by atoms with van der Waals surface area (Å²) < 4.78 is 13.0. The molecule has 0 spiro atoms. The third kappa shape index (κ3) is 4.45. The molecule has 0 bridgehead atoms. The molecular formula is C18H18BrFN2OS. The normalized spacial score (nSPS) is 13.2. The second kappa shape index (κ2) is 8.44. The highest BCUT2D eigenvalue weighted by atomic mass is 79.9. The molecule has 0 unspecified atom stereocenters. The summed E-state index contributed by atoms with van der Waals surface area (Å²) in [5.41, 5.74) is 2.59. The maximum atomic E-state index is 13.0. The van der Waals surface area contributed by atoms with E-state index in [0.717, 1.165) is 28.7 Å². The number of halogens is 2. The minimum absolute atomic E-state index is 0. The average molecular weight is 409 g/mol. The standard InChI is InChI=1S/C18H17FN2OS.BrH/c1-13-3-2-4-16(11-13)21(18-20-9-10-23-18)12-17(22)14-5-7-15(19)8-6-14;/h2-8,11H,9-10,12H2,1H3;1H. The molecule has 6 heteroatoms. The number of aliphatic imine (C=N–C) groups is 1. The SMILES string of the molecule is Br.Cc1cccc(N(CC(=O)c2ccc(F)cc2)C2=NCCS2)c1. The summed E-state index contributed by atoms with van der Waals surface area (Å²) in [4.78, 5) is 19.0. The van der Waals surface area contributed by atoms with E-state index in [-0.39, 0.29) is 35.1 Å². The zero-order chi connectivity index (χ0) is 16.2. The molecule has 0 amide bonds. The molecule has 0 N–H and O–H groups in total. The van der Waals surface area contributed by atoms with Gasteiger partial charge in [-0.25, -0.2) is 4.39 Å². The van der Waals surface area contributed by atoms with Crippen molar-refractivity contribution in [3.63, 3.8) is 0 Å². The number of nitrogens with zero attached hydrogens (tertiary/aromatic N) is 2. The van der Waals surface area contributed by atoms with Crippen molar-refractivity contribution in [3.8, 4) is 0 Å². The van der Waals surface area contributed by atoms with Gasteiger partial charge < -0.3 is 4.90 Å². The number of aryl methyl sites for hydroxylation is 1. The number of carbonyl (C=O) groups is 1. The first kappa shape index (κ1) is 18.7. The van der Waals surface area contributed by atoms with Crippen LogP contribution >= 0.6 is 28.7 Å². The van der Waals surface area contributed by atoms with Crippen LogP contribution in [0.2, 0.25) is 0 Å². The summed E-state index contributed by atoms with van der Waals surface area (Å²) in [6.45, 7) is 2.99. The fourth-order valence-corrected chi connectivity index (χ4v) is 3.30. The number of rotatable bonds is 4. The number of ketones is 1. The van der Waals surface area contributed by atoms with Crippen molar-refractivity contribution >= 4 is 45.4 Å². The van der Waals surface area contributed by atoms with E-state index >= 15 is 0 Å². The van der Waals surface area contributed by atoms with Crippen molar-refractivity contribution in [2.75, 3.05) is 23.7 Å². The zero-order valence-corrected chi connectivity index (χ0v) is 15.8. The molecule has 3 nitrogen and oxygen atoms in total. The van der Waals surface area contributed by atoms with Gasteiger partial charge in [-0.2, -0.15) is 0 Å². The molecule has 3 rings (SSSR count). The van der Waals surface area contributed by atoms with Crippen LogP contribution in [0.25, 0.3) is 0 Å². The van der Waals surface area contributed by atoms with Crippen LogP contribution in [0, 0.1) is 12.7 Å². The molecule has 0 saturated carbocycles. The molecule has 0 radical (unpaired) electrons. The van der Waals surface area contributed by atoms with Gasteiger partial charge in [0.25, 0.3) is 0 Å². The van der Waals surface area contributed by atoms with Crippen molar-refractivity contribution in [3.05, 3.63) is 65.5 Å². The minimum atomic E-state index is -0.340. The van der Waals surface area contributed by atoms with Crippen LogP contribution in [0.3, 0.4) is 0 Å².